The van der Waals surface area contributed by atoms with Gasteiger partial charge in [-0.05, 0) is 24.6 Å². The number of hydrogen-bond acceptors (Lipinski definition) is 3. The van der Waals surface area contributed by atoms with E-state index in [1.807, 2.05) is 6.92 Å². The van der Waals surface area contributed by atoms with Crippen LogP contribution in [0, 0.1) is 18.8 Å². The van der Waals surface area contributed by atoms with Crippen molar-refractivity contribution in [2.75, 3.05) is 18.4 Å². The van der Waals surface area contributed by atoms with E-state index in [2.05, 4.69) is 21.3 Å². The number of aliphatic hydroxyl groups excluding tert-OH is 1. The summed E-state index contributed by atoms with van der Waals surface area (Å²) >= 11 is 0. The molecule has 0 aromatic heterocycles. The quantitative estimate of drug-likeness (QED) is 0.700. The maximum atomic E-state index is 11.3. The molecule has 0 saturated carbocycles. The summed E-state index contributed by atoms with van der Waals surface area (Å²) in [6, 6.07) is 5.12. The standard InChI is InChI=1S/C12H16N2O3S/c1-10-6-7-12(14-18(16,17)13-2)9-11(10)5-3-4-8-15/h6-7,9,13-15H,4,8H2,1-2H3. The van der Waals surface area contributed by atoms with Crippen LogP contribution in [0.25, 0.3) is 0 Å². The summed E-state index contributed by atoms with van der Waals surface area (Å²) in [6.45, 7) is 1.90. The molecule has 0 heterocycles. The fourth-order valence-corrected chi connectivity index (χ4v) is 1.78. The Morgan fingerprint density at radius 1 is 1.39 bits per heavy atom. The molecule has 6 heteroatoms. The molecular formula is C12H16N2O3S. The SMILES string of the molecule is CNS(=O)(=O)Nc1ccc(C)c(C#CCCO)c1. The molecule has 0 radical (unpaired) electrons. The maximum absolute atomic E-state index is 11.3. The van der Waals surface area contributed by atoms with Crippen molar-refractivity contribution in [3.05, 3.63) is 29.3 Å². The Balaban J connectivity index is 2.98. The van der Waals surface area contributed by atoms with Crippen LogP contribution in [0.15, 0.2) is 18.2 Å². The fourth-order valence-electron chi connectivity index (χ4n) is 1.24. The van der Waals surface area contributed by atoms with Gasteiger partial charge in [0.2, 0.25) is 0 Å². The normalized spacial score (nSPS) is 10.6. The number of aliphatic hydroxyl groups is 1. The number of anilines is 1. The van der Waals surface area contributed by atoms with Gasteiger partial charge in [-0.15, -0.1) is 0 Å². The number of aryl methyl sites for hydroxylation is 1. The highest BCUT2D eigenvalue weighted by molar-refractivity contribution is 7.90. The Labute approximate surface area is 107 Å². The predicted octanol–water partition coefficient (Wildman–Crippen LogP) is 0.605. The second-order valence-corrected chi connectivity index (χ2v) is 5.23. The summed E-state index contributed by atoms with van der Waals surface area (Å²) in [5.74, 6) is 5.70. The summed E-state index contributed by atoms with van der Waals surface area (Å²) in [5.41, 5.74) is 2.14. The molecule has 0 aliphatic carbocycles. The van der Waals surface area contributed by atoms with Crippen molar-refractivity contribution in [1.29, 1.82) is 0 Å². The Morgan fingerprint density at radius 2 is 2.11 bits per heavy atom. The van der Waals surface area contributed by atoms with Crippen molar-refractivity contribution in [2.45, 2.75) is 13.3 Å². The minimum absolute atomic E-state index is 0.0120. The molecule has 1 aromatic rings. The van der Waals surface area contributed by atoms with Gasteiger partial charge in [0.25, 0.3) is 10.2 Å². The van der Waals surface area contributed by atoms with Crippen molar-refractivity contribution in [3.8, 4) is 11.8 Å². The monoisotopic (exact) mass is 268 g/mol. The lowest BCUT2D eigenvalue weighted by Gasteiger charge is -2.07. The third-order valence-corrected chi connectivity index (χ3v) is 3.26. The highest BCUT2D eigenvalue weighted by atomic mass is 32.2. The van der Waals surface area contributed by atoms with E-state index in [-0.39, 0.29) is 6.61 Å². The molecule has 18 heavy (non-hydrogen) atoms. The zero-order chi connectivity index (χ0) is 13.6. The summed E-state index contributed by atoms with van der Waals surface area (Å²) < 4.78 is 27.2. The molecule has 0 aliphatic rings. The largest absolute Gasteiger partial charge is 0.395 e. The van der Waals surface area contributed by atoms with Gasteiger partial charge < -0.3 is 5.11 Å². The highest BCUT2D eigenvalue weighted by Crippen LogP contribution is 2.15. The van der Waals surface area contributed by atoms with E-state index < -0.39 is 10.2 Å². The van der Waals surface area contributed by atoms with E-state index in [0.29, 0.717) is 12.1 Å². The van der Waals surface area contributed by atoms with Crippen LogP contribution in [0.1, 0.15) is 17.5 Å². The highest BCUT2D eigenvalue weighted by Gasteiger charge is 2.06. The van der Waals surface area contributed by atoms with Crippen LogP contribution in [0.4, 0.5) is 5.69 Å². The number of hydrogen-bond donors (Lipinski definition) is 3. The first-order valence-corrected chi connectivity index (χ1v) is 6.88. The van der Waals surface area contributed by atoms with Crippen LogP contribution in [0.3, 0.4) is 0 Å². The van der Waals surface area contributed by atoms with Crippen molar-refractivity contribution in [3.63, 3.8) is 0 Å². The van der Waals surface area contributed by atoms with Gasteiger partial charge in [0, 0.05) is 19.0 Å². The molecule has 98 valence electrons. The minimum atomic E-state index is -3.52. The third-order valence-electron chi connectivity index (χ3n) is 2.22. The number of rotatable bonds is 4. The average molecular weight is 268 g/mol. The molecule has 1 aromatic carbocycles. The predicted molar refractivity (Wildman–Crippen MR) is 71.4 cm³/mol. The van der Waals surface area contributed by atoms with Gasteiger partial charge in [-0.25, -0.2) is 4.72 Å². The van der Waals surface area contributed by atoms with E-state index in [1.54, 1.807) is 18.2 Å². The maximum Gasteiger partial charge on any atom is 0.298 e. The second-order valence-electron chi connectivity index (χ2n) is 3.61. The third kappa shape index (κ3) is 4.37. The van der Waals surface area contributed by atoms with Gasteiger partial charge in [0.1, 0.15) is 0 Å². The van der Waals surface area contributed by atoms with Crippen molar-refractivity contribution >= 4 is 15.9 Å². The van der Waals surface area contributed by atoms with Gasteiger partial charge in [-0.2, -0.15) is 8.42 Å². The first-order chi connectivity index (χ1) is 8.48. The summed E-state index contributed by atoms with van der Waals surface area (Å²) in [6.07, 6.45) is 0.395. The van der Waals surface area contributed by atoms with Crippen molar-refractivity contribution in [2.24, 2.45) is 0 Å². The van der Waals surface area contributed by atoms with Crippen LogP contribution >= 0.6 is 0 Å². The molecule has 3 N–H and O–H groups in total. The van der Waals surface area contributed by atoms with E-state index >= 15 is 0 Å². The van der Waals surface area contributed by atoms with Gasteiger partial charge in [-0.1, -0.05) is 17.9 Å². The van der Waals surface area contributed by atoms with Gasteiger partial charge in [0.05, 0.1) is 12.3 Å². The van der Waals surface area contributed by atoms with Crippen LogP contribution in [-0.2, 0) is 10.2 Å². The fraction of sp³-hybridized carbons (Fsp3) is 0.333. The summed E-state index contributed by atoms with van der Waals surface area (Å²) in [7, 11) is -2.18. The average Bonchev–Trinajstić information content (AvgIpc) is 2.33. The molecule has 0 saturated heterocycles. The molecule has 0 unspecified atom stereocenters. The lowest BCUT2D eigenvalue weighted by atomic mass is 10.1. The molecular weight excluding hydrogens is 252 g/mol. The van der Waals surface area contributed by atoms with Gasteiger partial charge in [0.15, 0.2) is 0 Å². The van der Waals surface area contributed by atoms with E-state index in [4.69, 9.17) is 5.11 Å². The van der Waals surface area contributed by atoms with E-state index in [1.165, 1.54) is 7.05 Å². The van der Waals surface area contributed by atoms with E-state index in [0.717, 1.165) is 11.1 Å². The van der Waals surface area contributed by atoms with Crippen LogP contribution < -0.4 is 9.44 Å². The van der Waals surface area contributed by atoms with Crippen molar-refractivity contribution in [1.82, 2.24) is 4.72 Å². The topological polar surface area (TPSA) is 78.4 Å². The number of nitrogens with one attached hydrogen (secondary N) is 2. The molecule has 0 spiro atoms. The Morgan fingerprint density at radius 3 is 2.72 bits per heavy atom. The Bertz CT molecular complexity index is 571. The molecule has 0 fully saturated rings. The lowest BCUT2D eigenvalue weighted by Crippen LogP contribution is -2.26. The van der Waals surface area contributed by atoms with Crippen molar-refractivity contribution < 1.29 is 13.5 Å². The van der Waals surface area contributed by atoms with Gasteiger partial charge >= 0.3 is 0 Å². The molecule has 0 amide bonds. The lowest BCUT2D eigenvalue weighted by molar-refractivity contribution is 0.305. The molecule has 5 nitrogen and oxygen atoms in total. The first-order valence-electron chi connectivity index (χ1n) is 5.40. The van der Waals surface area contributed by atoms with Gasteiger partial charge in [-0.3, -0.25) is 4.72 Å². The Kier molecular flexibility index (Phi) is 5.16. The number of benzene rings is 1. The summed E-state index contributed by atoms with van der Waals surface area (Å²) in [4.78, 5) is 0. The molecule has 0 aliphatic heterocycles. The van der Waals surface area contributed by atoms with Crippen LogP contribution in [0.5, 0.6) is 0 Å². The van der Waals surface area contributed by atoms with Crippen LogP contribution in [-0.4, -0.2) is 27.2 Å². The summed E-state index contributed by atoms with van der Waals surface area (Å²) in [5, 5.41) is 8.65. The minimum Gasteiger partial charge on any atom is -0.395 e. The smallest absolute Gasteiger partial charge is 0.298 e. The van der Waals surface area contributed by atoms with Crippen LogP contribution in [0.2, 0.25) is 0 Å². The first kappa shape index (κ1) is 14.5. The zero-order valence-corrected chi connectivity index (χ0v) is 11.1. The van der Waals surface area contributed by atoms with E-state index in [9.17, 15) is 8.42 Å². The molecule has 0 bridgehead atoms. The second kappa shape index (κ2) is 6.40. The zero-order valence-electron chi connectivity index (χ0n) is 10.3. The Hall–Kier alpha value is -1.55. The molecule has 0 atom stereocenters. The molecule has 1 rings (SSSR count).